The van der Waals surface area contributed by atoms with Crippen molar-refractivity contribution in [3.05, 3.63) is 59.4 Å². The van der Waals surface area contributed by atoms with Crippen molar-refractivity contribution < 1.29 is 13.9 Å². The van der Waals surface area contributed by atoms with Crippen LogP contribution in [0.15, 0.2) is 42.5 Å². The average Bonchev–Trinajstić information content (AvgIpc) is 2.56. The third-order valence-electron chi connectivity index (χ3n) is 3.54. The van der Waals surface area contributed by atoms with Gasteiger partial charge in [0.1, 0.15) is 5.82 Å². The number of anilines is 2. The first-order valence-corrected chi connectivity index (χ1v) is 7.42. The van der Waals surface area contributed by atoms with Gasteiger partial charge in [0.25, 0.3) is 0 Å². The lowest BCUT2D eigenvalue weighted by Gasteiger charge is -2.25. The number of nitrogens with one attached hydrogen (secondary N) is 1. The van der Waals surface area contributed by atoms with Crippen LogP contribution in [0, 0.1) is 25.1 Å². The smallest absolute Gasteiger partial charge is 0.411 e. The van der Waals surface area contributed by atoms with E-state index in [1.807, 2.05) is 24.0 Å². The van der Waals surface area contributed by atoms with Crippen LogP contribution < -0.4 is 10.2 Å². The quantitative estimate of drug-likeness (QED) is 0.846. The molecular weight excluding hydrogens is 307 g/mol. The molecular formula is C19H19FN2O2. The lowest BCUT2D eigenvalue weighted by Crippen LogP contribution is -2.24. The minimum atomic E-state index is -0.519. The highest BCUT2D eigenvalue weighted by atomic mass is 19.1. The first-order valence-electron chi connectivity index (χ1n) is 7.42. The van der Waals surface area contributed by atoms with E-state index in [1.54, 1.807) is 18.2 Å². The number of hydrogen-bond donors (Lipinski definition) is 1. The van der Waals surface area contributed by atoms with Crippen molar-refractivity contribution in [1.29, 1.82) is 0 Å². The largest absolute Gasteiger partial charge is 0.453 e. The number of benzene rings is 2. The van der Waals surface area contributed by atoms with Gasteiger partial charge in [-0.3, -0.25) is 5.32 Å². The maximum absolute atomic E-state index is 13.0. The van der Waals surface area contributed by atoms with Crippen molar-refractivity contribution in [1.82, 2.24) is 0 Å². The molecule has 2 aromatic carbocycles. The molecule has 0 saturated heterocycles. The van der Waals surface area contributed by atoms with Crippen LogP contribution in [0.2, 0.25) is 0 Å². The maximum Gasteiger partial charge on any atom is 0.411 e. The third-order valence-corrected chi connectivity index (χ3v) is 3.54. The molecule has 1 amide bonds. The number of carbonyl (C=O) groups is 1. The summed E-state index contributed by atoms with van der Waals surface area (Å²) in [6, 6.07) is 11.9. The van der Waals surface area contributed by atoms with Crippen molar-refractivity contribution in [2.45, 2.75) is 13.5 Å². The highest BCUT2D eigenvalue weighted by Crippen LogP contribution is 2.25. The number of rotatable bonds is 5. The van der Waals surface area contributed by atoms with E-state index in [2.05, 4.69) is 16.0 Å². The number of aryl methyl sites for hydroxylation is 1. The van der Waals surface area contributed by atoms with Gasteiger partial charge in [-0.2, -0.15) is 0 Å². The molecule has 0 spiro atoms. The van der Waals surface area contributed by atoms with Crippen LogP contribution in [-0.4, -0.2) is 19.7 Å². The Morgan fingerprint density at radius 1 is 1.29 bits per heavy atom. The number of terminal acetylenes is 1. The van der Waals surface area contributed by atoms with E-state index in [4.69, 9.17) is 6.42 Å². The van der Waals surface area contributed by atoms with E-state index in [-0.39, 0.29) is 5.82 Å². The van der Waals surface area contributed by atoms with Crippen molar-refractivity contribution in [2.75, 3.05) is 23.9 Å². The topological polar surface area (TPSA) is 41.6 Å². The zero-order chi connectivity index (χ0) is 17.5. The van der Waals surface area contributed by atoms with Crippen LogP contribution in [0.4, 0.5) is 20.6 Å². The number of carbonyl (C=O) groups excluding carboxylic acids is 1. The van der Waals surface area contributed by atoms with Crippen LogP contribution in [0.3, 0.4) is 0 Å². The molecule has 0 bridgehead atoms. The molecule has 0 heterocycles. The highest BCUT2D eigenvalue weighted by Gasteiger charge is 2.11. The lowest BCUT2D eigenvalue weighted by molar-refractivity contribution is 0.187. The van der Waals surface area contributed by atoms with Gasteiger partial charge in [-0.25, -0.2) is 9.18 Å². The summed E-state index contributed by atoms with van der Waals surface area (Å²) in [4.78, 5) is 13.3. The summed E-state index contributed by atoms with van der Waals surface area (Å²) in [6.07, 6.45) is 4.96. The summed E-state index contributed by atoms with van der Waals surface area (Å²) in [6.45, 7) is 2.92. The molecule has 2 rings (SSSR count). The molecule has 0 aliphatic carbocycles. The number of methoxy groups -OCH3 is 1. The minimum absolute atomic E-state index is 0.267. The second-order valence-electron chi connectivity index (χ2n) is 5.30. The summed E-state index contributed by atoms with van der Waals surface area (Å²) in [7, 11) is 1.31. The molecule has 0 radical (unpaired) electrons. The molecule has 0 aromatic heterocycles. The normalized spacial score (nSPS) is 9.92. The maximum atomic E-state index is 13.0. The Labute approximate surface area is 141 Å². The molecule has 24 heavy (non-hydrogen) atoms. The third kappa shape index (κ3) is 4.50. The first-order chi connectivity index (χ1) is 11.5. The van der Waals surface area contributed by atoms with Gasteiger partial charge < -0.3 is 9.64 Å². The van der Waals surface area contributed by atoms with Crippen molar-refractivity contribution in [3.8, 4) is 12.3 Å². The molecule has 0 aliphatic heterocycles. The SMILES string of the molecule is C#CCN(Cc1ccc(F)cc1)c1ccc(NC(=O)OC)cc1C. The number of ether oxygens (including phenoxy) is 1. The molecule has 4 nitrogen and oxygen atoms in total. The number of halogens is 1. The lowest BCUT2D eigenvalue weighted by atomic mass is 10.1. The molecule has 0 saturated carbocycles. The van der Waals surface area contributed by atoms with Crippen LogP contribution in [-0.2, 0) is 11.3 Å². The van der Waals surface area contributed by atoms with E-state index < -0.39 is 6.09 Å². The van der Waals surface area contributed by atoms with Gasteiger partial charge >= 0.3 is 6.09 Å². The van der Waals surface area contributed by atoms with Gasteiger partial charge in [0.2, 0.25) is 0 Å². The molecule has 2 aromatic rings. The fraction of sp³-hybridized carbons (Fsp3) is 0.211. The van der Waals surface area contributed by atoms with Crippen LogP contribution in [0.25, 0.3) is 0 Å². The van der Waals surface area contributed by atoms with E-state index in [0.29, 0.717) is 18.8 Å². The van der Waals surface area contributed by atoms with Gasteiger partial charge in [-0.1, -0.05) is 18.1 Å². The zero-order valence-electron chi connectivity index (χ0n) is 13.7. The van der Waals surface area contributed by atoms with Crippen molar-refractivity contribution in [2.24, 2.45) is 0 Å². The van der Waals surface area contributed by atoms with Crippen molar-refractivity contribution >= 4 is 17.5 Å². The van der Waals surface area contributed by atoms with Crippen LogP contribution >= 0.6 is 0 Å². The Morgan fingerprint density at radius 3 is 2.58 bits per heavy atom. The Bertz CT molecular complexity index is 751. The summed E-state index contributed by atoms with van der Waals surface area (Å²) < 4.78 is 17.6. The minimum Gasteiger partial charge on any atom is -0.453 e. The first kappa shape index (κ1) is 17.4. The number of nitrogens with zero attached hydrogens (tertiary/aromatic N) is 1. The molecule has 0 fully saturated rings. The Kier molecular flexibility index (Phi) is 5.80. The summed E-state index contributed by atoms with van der Waals surface area (Å²) >= 11 is 0. The van der Waals surface area contributed by atoms with Gasteiger partial charge in [-0.15, -0.1) is 6.42 Å². The molecule has 0 atom stereocenters. The fourth-order valence-electron chi connectivity index (χ4n) is 2.40. The van der Waals surface area contributed by atoms with E-state index in [1.165, 1.54) is 19.2 Å². The van der Waals surface area contributed by atoms with Crippen molar-refractivity contribution in [3.63, 3.8) is 0 Å². The van der Waals surface area contributed by atoms with E-state index in [9.17, 15) is 9.18 Å². The Hall–Kier alpha value is -3.00. The monoisotopic (exact) mass is 326 g/mol. The molecule has 0 unspecified atom stereocenters. The van der Waals surface area contributed by atoms with Gasteiger partial charge in [-0.05, 0) is 48.4 Å². The Morgan fingerprint density at radius 2 is 2.00 bits per heavy atom. The number of amides is 1. The molecule has 124 valence electrons. The standard InChI is InChI=1S/C19H19FN2O2/c1-4-11-22(13-15-5-7-16(20)8-6-15)18-10-9-17(12-14(18)2)21-19(23)24-3/h1,5-10,12H,11,13H2,2-3H3,(H,21,23). The van der Waals surface area contributed by atoms with Gasteiger partial charge in [0, 0.05) is 17.9 Å². The second kappa shape index (κ2) is 8.02. The second-order valence-corrected chi connectivity index (χ2v) is 5.30. The average molecular weight is 326 g/mol. The summed E-state index contributed by atoms with van der Waals surface area (Å²) in [5, 5.41) is 2.62. The highest BCUT2D eigenvalue weighted by molar-refractivity contribution is 5.85. The molecule has 1 N–H and O–H groups in total. The zero-order valence-corrected chi connectivity index (χ0v) is 13.7. The van der Waals surface area contributed by atoms with Gasteiger partial charge in [0.15, 0.2) is 0 Å². The number of hydrogen-bond acceptors (Lipinski definition) is 3. The van der Waals surface area contributed by atoms with Crippen LogP contribution in [0.1, 0.15) is 11.1 Å². The van der Waals surface area contributed by atoms with Crippen LogP contribution in [0.5, 0.6) is 0 Å². The van der Waals surface area contributed by atoms with E-state index >= 15 is 0 Å². The predicted molar refractivity (Wildman–Crippen MR) is 93.5 cm³/mol. The fourth-order valence-corrected chi connectivity index (χ4v) is 2.40. The Balaban J connectivity index is 2.22. The molecule has 5 heteroatoms. The van der Waals surface area contributed by atoms with E-state index in [0.717, 1.165) is 16.8 Å². The molecule has 0 aliphatic rings. The summed E-state index contributed by atoms with van der Waals surface area (Å²) in [5.41, 5.74) is 3.52. The predicted octanol–water partition coefficient (Wildman–Crippen LogP) is 3.95. The summed E-state index contributed by atoms with van der Waals surface area (Å²) in [5.74, 6) is 2.38. The van der Waals surface area contributed by atoms with Gasteiger partial charge in [0.05, 0.1) is 13.7 Å².